The highest BCUT2D eigenvalue weighted by Gasteiger charge is 2.28. The van der Waals surface area contributed by atoms with Crippen molar-refractivity contribution in [3.63, 3.8) is 0 Å². The third-order valence-electron chi connectivity index (χ3n) is 2.85. The molecule has 0 aromatic heterocycles. The molecule has 0 aromatic carbocycles. The highest BCUT2D eigenvalue weighted by Crippen LogP contribution is 2.09. The standard InChI is InChI=1S/C12H22N2O2/c1-9(2)6-4-5-7-14-8-11(15)13-10(3)12(14)16/h9-10H,4-8H2,1-3H3,(H,13,15). The fourth-order valence-corrected chi connectivity index (χ4v) is 1.92. The molecule has 1 rings (SSSR count). The van der Waals surface area contributed by atoms with Gasteiger partial charge in [0.05, 0.1) is 6.54 Å². The van der Waals surface area contributed by atoms with Crippen LogP contribution in [0.2, 0.25) is 0 Å². The van der Waals surface area contributed by atoms with E-state index in [0.29, 0.717) is 12.5 Å². The minimum Gasteiger partial charge on any atom is -0.343 e. The summed E-state index contributed by atoms with van der Waals surface area (Å²) in [4.78, 5) is 24.6. The third-order valence-corrected chi connectivity index (χ3v) is 2.85. The van der Waals surface area contributed by atoms with E-state index in [0.717, 1.165) is 12.8 Å². The van der Waals surface area contributed by atoms with Gasteiger partial charge in [0.25, 0.3) is 0 Å². The molecular formula is C12H22N2O2. The highest BCUT2D eigenvalue weighted by atomic mass is 16.2. The highest BCUT2D eigenvalue weighted by molar-refractivity contribution is 5.94. The number of carbonyl (C=O) groups is 2. The Bertz CT molecular complexity index is 264. The van der Waals surface area contributed by atoms with Crippen molar-refractivity contribution in [1.29, 1.82) is 0 Å². The Morgan fingerprint density at radius 3 is 2.69 bits per heavy atom. The molecule has 4 nitrogen and oxygen atoms in total. The number of amides is 2. The second-order valence-electron chi connectivity index (χ2n) is 4.94. The summed E-state index contributed by atoms with van der Waals surface area (Å²) in [6.45, 7) is 7.07. The number of piperazine rings is 1. The minimum absolute atomic E-state index is 0.0454. The molecule has 1 unspecified atom stereocenters. The van der Waals surface area contributed by atoms with Crippen LogP contribution >= 0.6 is 0 Å². The van der Waals surface area contributed by atoms with Crippen LogP contribution in [0, 0.1) is 5.92 Å². The molecule has 4 heteroatoms. The number of hydrogen-bond acceptors (Lipinski definition) is 2. The quantitative estimate of drug-likeness (QED) is 0.715. The maximum Gasteiger partial charge on any atom is 0.245 e. The molecule has 0 bridgehead atoms. The van der Waals surface area contributed by atoms with Gasteiger partial charge in [-0.1, -0.05) is 26.7 Å². The molecule has 0 spiro atoms. The van der Waals surface area contributed by atoms with Crippen LogP contribution in [0.4, 0.5) is 0 Å². The molecular weight excluding hydrogens is 204 g/mol. The van der Waals surface area contributed by atoms with Gasteiger partial charge in [-0.15, -0.1) is 0 Å². The maximum atomic E-state index is 11.7. The molecule has 1 aliphatic rings. The molecule has 1 N–H and O–H groups in total. The number of nitrogens with zero attached hydrogens (tertiary/aromatic N) is 1. The Labute approximate surface area is 97.4 Å². The average Bonchev–Trinajstić information content (AvgIpc) is 2.19. The lowest BCUT2D eigenvalue weighted by atomic mass is 10.1. The fraction of sp³-hybridized carbons (Fsp3) is 0.833. The number of unbranched alkanes of at least 4 members (excludes halogenated alkanes) is 1. The van der Waals surface area contributed by atoms with Gasteiger partial charge < -0.3 is 10.2 Å². The van der Waals surface area contributed by atoms with E-state index in [2.05, 4.69) is 19.2 Å². The molecule has 0 saturated carbocycles. The van der Waals surface area contributed by atoms with Gasteiger partial charge in [-0.2, -0.15) is 0 Å². The van der Waals surface area contributed by atoms with Gasteiger partial charge in [-0.3, -0.25) is 9.59 Å². The Morgan fingerprint density at radius 2 is 2.06 bits per heavy atom. The van der Waals surface area contributed by atoms with Crippen LogP contribution in [-0.2, 0) is 9.59 Å². The van der Waals surface area contributed by atoms with Gasteiger partial charge in [0.1, 0.15) is 6.04 Å². The summed E-state index contributed by atoms with van der Waals surface area (Å²) in [7, 11) is 0. The summed E-state index contributed by atoms with van der Waals surface area (Å²) in [5.41, 5.74) is 0. The zero-order valence-corrected chi connectivity index (χ0v) is 10.5. The molecule has 2 amide bonds. The van der Waals surface area contributed by atoms with E-state index >= 15 is 0 Å². The van der Waals surface area contributed by atoms with Crippen molar-refractivity contribution >= 4 is 11.8 Å². The lowest BCUT2D eigenvalue weighted by Crippen LogP contribution is -2.56. The number of hydrogen-bond donors (Lipinski definition) is 1. The van der Waals surface area contributed by atoms with Crippen molar-refractivity contribution < 1.29 is 9.59 Å². The van der Waals surface area contributed by atoms with Crippen LogP contribution < -0.4 is 5.32 Å². The molecule has 1 heterocycles. The van der Waals surface area contributed by atoms with Crippen LogP contribution in [0.1, 0.15) is 40.0 Å². The van der Waals surface area contributed by atoms with Crippen molar-refractivity contribution in [2.24, 2.45) is 5.92 Å². The molecule has 1 fully saturated rings. The molecule has 1 atom stereocenters. The van der Waals surface area contributed by atoms with E-state index in [-0.39, 0.29) is 24.4 Å². The summed E-state index contributed by atoms with van der Waals surface area (Å²) < 4.78 is 0. The van der Waals surface area contributed by atoms with Crippen LogP contribution in [0.25, 0.3) is 0 Å². The summed E-state index contributed by atoms with van der Waals surface area (Å²) in [5, 5.41) is 2.64. The lowest BCUT2D eigenvalue weighted by Gasteiger charge is -2.30. The van der Waals surface area contributed by atoms with E-state index < -0.39 is 0 Å². The number of rotatable bonds is 5. The van der Waals surface area contributed by atoms with E-state index in [9.17, 15) is 9.59 Å². The van der Waals surface area contributed by atoms with Gasteiger partial charge in [0.2, 0.25) is 11.8 Å². The molecule has 0 aliphatic carbocycles. The predicted octanol–water partition coefficient (Wildman–Crippen LogP) is 1.16. The zero-order chi connectivity index (χ0) is 12.1. The molecule has 0 radical (unpaired) electrons. The maximum absolute atomic E-state index is 11.7. The molecule has 1 aliphatic heterocycles. The van der Waals surface area contributed by atoms with Crippen LogP contribution in [0.15, 0.2) is 0 Å². The van der Waals surface area contributed by atoms with Gasteiger partial charge in [0.15, 0.2) is 0 Å². The minimum atomic E-state index is -0.355. The molecule has 92 valence electrons. The van der Waals surface area contributed by atoms with Crippen molar-refractivity contribution in [3.05, 3.63) is 0 Å². The third kappa shape index (κ3) is 3.83. The number of nitrogens with one attached hydrogen (secondary N) is 1. The first-order valence-electron chi connectivity index (χ1n) is 6.09. The topological polar surface area (TPSA) is 49.4 Å². The Morgan fingerprint density at radius 1 is 1.38 bits per heavy atom. The summed E-state index contributed by atoms with van der Waals surface area (Å²) >= 11 is 0. The van der Waals surface area contributed by atoms with Crippen molar-refractivity contribution in [1.82, 2.24) is 10.2 Å². The molecule has 0 aromatic rings. The van der Waals surface area contributed by atoms with Crippen molar-refractivity contribution in [3.8, 4) is 0 Å². The van der Waals surface area contributed by atoms with E-state index in [4.69, 9.17) is 0 Å². The van der Waals surface area contributed by atoms with Crippen molar-refractivity contribution in [2.75, 3.05) is 13.1 Å². The van der Waals surface area contributed by atoms with Crippen molar-refractivity contribution in [2.45, 2.75) is 46.1 Å². The second-order valence-corrected chi connectivity index (χ2v) is 4.94. The van der Waals surface area contributed by atoms with Gasteiger partial charge in [-0.25, -0.2) is 0 Å². The Kier molecular flexibility index (Phi) is 4.77. The normalized spacial score (nSPS) is 21.5. The monoisotopic (exact) mass is 226 g/mol. The largest absolute Gasteiger partial charge is 0.343 e. The Hall–Kier alpha value is -1.06. The summed E-state index contributed by atoms with van der Waals surface area (Å²) in [6, 6.07) is -0.355. The first-order valence-corrected chi connectivity index (χ1v) is 6.09. The number of carbonyl (C=O) groups excluding carboxylic acids is 2. The lowest BCUT2D eigenvalue weighted by molar-refractivity contribution is -0.143. The SMILES string of the molecule is CC(C)CCCCN1CC(=O)NC(C)C1=O. The van der Waals surface area contributed by atoms with E-state index in [1.807, 2.05) is 0 Å². The van der Waals surface area contributed by atoms with Crippen LogP contribution in [-0.4, -0.2) is 35.8 Å². The van der Waals surface area contributed by atoms with Gasteiger partial charge >= 0.3 is 0 Å². The van der Waals surface area contributed by atoms with Crippen LogP contribution in [0.3, 0.4) is 0 Å². The molecule has 16 heavy (non-hydrogen) atoms. The summed E-state index contributed by atoms with van der Waals surface area (Å²) in [6.07, 6.45) is 3.30. The van der Waals surface area contributed by atoms with E-state index in [1.54, 1.807) is 11.8 Å². The summed E-state index contributed by atoms with van der Waals surface area (Å²) in [5.74, 6) is 0.708. The van der Waals surface area contributed by atoms with Crippen LogP contribution in [0.5, 0.6) is 0 Å². The van der Waals surface area contributed by atoms with Gasteiger partial charge in [-0.05, 0) is 19.3 Å². The zero-order valence-electron chi connectivity index (χ0n) is 10.5. The molecule has 1 saturated heterocycles. The first-order chi connectivity index (χ1) is 7.50. The second kappa shape index (κ2) is 5.87. The Balaban J connectivity index is 2.29. The fourth-order valence-electron chi connectivity index (χ4n) is 1.92. The smallest absolute Gasteiger partial charge is 0.245 e. The predicted molar refractivity (Wildman–Crippen MR) is 62.9 cm³/mol. The van der Waals surface area contributed by atoms with E-state index in [1.165, 1.54) is 6.42 Å². The first kappa shape index (κ1) is 13.0. The van der Waals surface area contributed by atoms with Gasteiger partial charge in [0, 0.05) is 6.54 Å². The average molecular weight is 226 g/mol.